The van der Waals surface area contributed by atoms with E-state index in [2.05, 4.69) is 15.5 Å². The molecule has 0 unspecified atom stereocenters. The van der Waals surface area contributed by atoms with Gasteiger partial charge in [0.1, 0.15) is 5.82 Å². The van der Waals surface area contributed by atoms with Crippen molar-refractivity contribution in [2.75, 3.05) is 5.32 Å². The van der Waals surface area contributed by atoms with E-state index in [-0.39, 0.29) is 11.7 Å². The van der Waals surface area contributed by atoms with Crippen LogP contribution in [-0.4, -0.2) is 25.5 Å². The summed E-state index contributed by atoms with van der Waals surface area (Å²) in [6, 6.07) is 8.20. The van der Waals surface area contributed by atoms with Crippen molar-refractivity contribution >= 4 is 17.8 Å². The Labute approximate surface area is 144 Å². The maximum Gasteiger partial charge on any atom is 0.249 e. The first-order valence-electron chi connectivity index (χ1n) is 7.92. The van der Waals surface area contributed by atoms with Crippen LogP contribution in [0, 0.1) is 5.82 Å². The summed E-state index contributed by atoms with van der Waals surface area (Å²) < 4.78 is 17.0. The highest BCUT2D eigenvalue weighted by Crippen LogP contribution is 2.10. The van der Waals surface area contributed by atoms with Crippen molar-refractivity contribution in [2.45, 2.75) is 20.0 Å². The molecule has 0 aliphatic heterocycles. The molecule has 1 amide bonds. The highest BCUT2D eigenvalue weighted by molar-refractivity contribution is 6.01. The summed E-state index contributed by atoms with van der Waals surface area (Å²) in [4.78, 5) is 11.9. The summed E-state index contributed by atoms with van der Waals surface area (Å²) in [5.41, 5.74) is 1.39. The Morgan fingerprint density at radius 1 is 1.28 bits per heavy atom. The summed E-state index contributed by atoms with van der Waals surface area (Å²) in [6.45, 7) is 3.07. The third-order valence-electron chi connectivity index (χ3n) is 3.59. The third kappa shape index (κ3) is 4.41. The number of aryl methyl sites for hydroxylation is 1. The van der Waals surface area contributed by atoms with Crippen LogP contribution in [0.1, 0.15) is 18.1 Å². The molecule has 1 aromatic carbocycles. The van der Waals surface area contributed by atoms with Gasteiger partial charge in [-0.1, -0.05) is 18.2 Å². The van der Waals surface area contributed by atoms with Gasteiger partial charge in [0.25, 0.3) is 0 Å². The lowest BCUT2D eigenvalue weighted by Crippen LogP contribution is -2.09. The van der Waals surface area contributed by atoms with Crippen molar-refractivity contribution in [1.82, 2.24) is 19.6 Å². The van der Waals surface area contributed by atoms with Crippen LogP contribution in [0.25, 0.3) is 6.08 Å². The van der Waals surface area contributed by atoms with E-state index in [4.69, 9.17) is 0 Å². The van der Waals surface area contributed by atoms with Gasteiger partial charge < -0.3 is 5.32 Å². The van der Waals surface area contributed by atoms with Gasteiger partial charge in [0.2, 0.25) is 5.91 Å². The molecular weight excluding hydrogens is 321 g/mol. The molecule has 25 heavy (non-hydrogen) atoms. The molecule has 3 rings (SSSR count). The fourth-order valence-corrected chi connectivity index (χ4v) is 2.30. The van der Waals surface area contributed by atoms with Crippen molar-refractivity contribution in [2.24, 2.45) is 0 Å². The number of anilines is 1. The van der Waals surface area contributed by atoms with Crippen LogP contribution in [-0.2, 0) is 17.9 Å². The van der Waals surface area contributed by atoms with E-state index in [0.717, 1.165) is 12.1 Å². The second kappa shape index (κ2) is 7.57. The zero-order valence-corrected chi connectivity index (χ0v) is 13.8. The molecular formula is C18H18FN5O. The summed E-state index contributed by atoms with van der Waals surface area (Å²) in [7, 11) is 0. The van der Waals surface area contributed by atoms with Gasteiger partial charge in [0.05, 0.1) is 12.7 Å². The number of carbonyl (C=O) groups is 1. The topological polar surface area (TPSA) is 64.7 Å². The van der Waals surface area contributed by atoms with E-state index in [1.807, 2.05) is 13.1 Å². The van der Waals surface area contributed by atoms with Gasteiger partial charge in [-0.25, -0.2) is 4.39 Å². The fourth-order valence-electron chi connectivity index (χ4n) is 2.30. The number of hydrogen-bond acceptors (Lipinski definition) is 3. The van der Waals surface area contributed by atoms with Crippen LogP contribution in [0.3, 0.4) is 0 Å². The maximum absolute atomic E-state index is 13.7. The third-order valence-corrected chi connectivity index (χ3v) is 3.59. The normalized spacial score (nSPS) is 11.1. The summed E-state index contributed by atoms with van der Waals surface area (Å²) in [5.74, 6) is -0.158. The monoisotopic (exact) mass is 339 g/mol. The number of amides is 1. The highest BCUT2D eigenvalue weighted by atomic mass is 19.1. The molecule has 3 aromatic rings. The van der Waals surface area contributed by atoms with Crippen LogP contribution in [0.5, 0.6) is 0 Å². The van der Waals surface area contributed by atoms with E-state index in [0.29, 0.717) is 17.9 Å². The van der Waals surface area contributed by atoms with Crippen LogP contribution in [0.2, 0.25) is 0 Å². The van der Waals surface area contributed by atoms with Gasteiger partial charge in [-0.05, 0) is 19.1 Å². The SMILES string of the molecule is CCn1cc(C=CC(=O)Nc2ccn(Cc3ccccc3F)n2)cn1. The van der Waals surface area contributed by atoms with Gasteiger partial charge in [0, 0.05) is 42.2 Å². The number of nitrogens with one attached hydrogen (secondary N) is 1. The Morgan fingerprint density at radius 3 is 2.88 bits per heavy atom. The Balaban J connectivity index is 1.59. The van der Waals surface area contributed by atoms with Crippen LogP contribution in [0.15, 0.2) is 55.0 Å². The van der Waals surface area contributed by atoms with Gasteiger partial charge in [-0.15, -0.1) is 0 Å². The number of halogens is 1. The second-order valence-corrected chi connectivity index (χ2v) is 5.44. The first-order valence-corrected chi connectivity index (χ1v) is 7.92. The minimum absolute atomic E-state index is 0.279. The smallest absolute Gasteiger partial charge is 0.249 e. The zero-order valence-electron chi connectivity index (χ0n) is 13.8. The lowest BCUT2D eigenvalue weighted by Gasteiger charge is -2.03. The maximum atomic E-state index is 13.7. The number of aromatic nitrogens is 4. The predicted octanol–water partition coefficient (Wildman–Crippen LogP) is 2.94. The lowest BCUT2D eigenvalue weighted by atomic mass is 10.2. The largest absolute Gasteiger partial charge is 0.306 e. The molecule has 2 heterocycles. The molecule has 6 nitrogen and oxygen atoms in total. The van der Waals surface area contributed by atoms with Crippen LogP contribution >= 0.6 is 0 Å². The molecule has 0 atom stereocenters. The summed E-state index contributed by atoms with van der Waals surface area (Å²) >= 11 is 0. The number of rotatable bonds is 6. The number of nitrogens with zero attached hydrogens (tertiary/aromatic N) is 4. The molecule has 128 valence electrons. The molecule has 0 saturated heterocycles. The highest BCUT2D eigenvalue weighted by Gasteiger charge is 2.05. The van der Waals surface area contributed by atoms with Gasteiger partial charge >= 0.3 is 0 Å². The van der Waals surface area contributed by atoms with E-state index >= 15 is 0 Å². The van der Waals surface area contributed by atoms with Gasteiger partial charge in [-0.3, -0.25) is 14.2 Å². The van der Waals surface area contributed by atoms with Crippen LogP contribution in [0.4, 0.5) is 10.2 Å². The molecule has 7 heteroatoms. The number of carbonyl (C=O) groups excluding carboxylic acids is 1. The van der Waals surface area contributed by atoms with E-state index in [1.165, 1.54) is 12.1 Å². The molecule has 0 radical (unpaired) electrons. The van der Waals surface area contributed by atoms with Crippen molar-refractivity contribution in [3.8, 4) is 0 Å². The van der Waals surface area contributed by atoms with Crippen molar-refractivity contribution < 1.29 is 9.18 Å². The van der Waals surface area contributed by atoms with E-state index in [9.17, 15) is 9.18 Å². The molecule has 1 N–H and O–H groups in total. The fraction of sp³-hybridized carbons (Fsp3) is 0.167. The average Bonchev–Trinajstić information content (AvgIpc) is 3.24. The molecule has 0 aliphatic rings. The first-order chi connectivity index (χ1) is 12.1. The Morgan fingerprint density at radius 2 is 2.12 bits per heavy atom. The lowest BCUT2D eigenvalue weighted by molar-refractivity contribution is -0.111. The van der Waals surface area contributed by atoms with Crippen molar-refractivity contribution in [3.63, 3.8) is 0 Å². The molecule has 0 bridgehead atoms. The predicted molar refractivity (Wildman–Crippen MR) is 93.3 cm³/mol. The van der Waals surface area contributed by atoms with E-state index in [1.54, 1.807) is 52.1 Å². The molecule has 0 aliphatic carbocycles. The summed E-state index contributed by atoms with van der Waals surface area (Å²) in [6.07, 6.45) is 8.35. The number of benzene rings is 1. The molecule has 0 spiro atoms. The molecule has 2 aromatic heterocycles. The minimum Gasteiger partial charge on any atom is -0.306 e. The molecule has 0 saturated carbocycles. The van der Waals surface area contributed by atoms with Crippen LogP contribution < -0.4 is 5.32 Å². The Bertz CT molecular complexity index is 896. The van der Waals surface area contributed by atoms with Crippen molar-refractivity contribution in [1.29, 1.82) is 0 Å². The Hall–Kier alpha value is -3.22. The van der Waals surface area contributed by atoms with E-state index < -0.39 is 0 Å². The first kappa shape index (κ1) is 16.6. The zero-order chi connectivity index (χ0) is 17.6. The quantitative estimate of drug-likeness (QED) is 0.702. The van der Waals surface area contributed by atoms with Crippen molar-refractivity contribution in [3.05, 3.63) is 71.9 Å². The number of hydrogen-bond donors (Lipinski definition) is 1. The Kier molecular flexibility index (Phi) is 5.03. The second-order valence-electron chi connectivity index (χ2n) is 5.44. The summed E-state index contributed by atoms with van der Waals surface area (Å²) in [5, 5.41) is 11.0. The average molecular weight is 339 g/mol. The standard InChI is InChI=1S/C18H18FN5O/c1-2-23-12-14(11-20-23)7-8-18(25)21-17-9-10-24(22-17)13-15-5-3-4-6-16(15)19/h3-12H,2,13H2,1H3,(H,21,22,25). The molecule has 0 fully saturated rings. The minimum atomic E-state index is -0.291. The van der Waals surface area contributed by atoms with Gasteiger partial charge in [-0.2, -0.15) is 10.2 Å². The van der Waals surface area contributed by atoms with Gasteiger partial charge in [0.15, 0.2) is 5.82 Å².